The average Bonchev–Trinajstić information content (AvgIpc) is 3.15. The number of unbranched alkanes of at least 4 members (excludes halogenated alkanes) is 2. The topological polar surface area (TPSA) is 351 Å². The first-order valence-electron chi connectivity index (χ1n) is 17.7. The van der Waals surface area contributed by atoms with Gasteiger partial charge < -0.3 is 105 Å². The van der Waals surface area contributed by atoms with Gasteiger partial charge in [0, 0.05) is 13.5 Å². The van der Waals surface area contributed by atoms with Crippen molar-refractivity contribution in [3.8, 4) is 0 Å². The molecule has 22 nitrogen and oxygen atoms in total. The molecule has 316 valence electrons. The van der Waals surface area contributed by atoms with Gasteiger partial charge in [-0.2, -0.15) is 0 Å². The molecule has 0 radical (unpaired) electrons. The van der Waals surface area contributed by atoms with Crippen LogP contribution in [0.5, 0.6) is 0 Å². The molecule has 14 N–H and O–H groups in total. The Bertz CT molecular complexity index is 1130. The molecule has 0 aromatic carbocycles. The number of hydrogen-bond donors (Lipinski definition) is 13. The predicted octanol–water partition coefficient (Wildman–Crippen LogP) is -7.47. The molecule has 0 aliphatic carbocycles. The van der Waals surface area contributed by atoms with Crippen molar-refractivity contribution in [1.82, 2.24) is 5.32 Å². The van der Waals surface area contributed by atoms with E-state index in [4.69, 9.17) is 43.6 Å². The van der Waals surface area contributed by atoms with Gasteiger partial charge in [0.05, 0.1) is 19.8 Å². The summed E-state index contributed by atoms with van der Waals surface area (Å²) >= 11 is 0. The SMILES string of the molecule is CC(=O)NC1C(O)[C@@H](O)C(CO)O[C@H]1OC1C(O)[C@@H](O[C@H]2C(CO)O[C@@H](O[C@@H]3C(CF)O[C@@H](OCCCCCN)C(O)C3O)C(O)C2O)OC(CO)[C@@H]1O. The molecule has 12 unspecified atom stereocenters. The molecular weight excluding hydrogens is 739 g/mol. The minimum atomic E-state index is -2.05. The summed E-state index contributed by atoms with van der Waals surface area (Å²) in [6, 6.07) is -1.50. The minimum Gasteiger partial charge on any atom is -0.394 e. The highest BCUT2D eigenvalue weighted by molar-refractivity contribution is 5.73. The lowest BCUT2D eigenvalue weighted by atomic mass is 9.95. The zero-order chi connectivity index (χ0) is 39.9. The van der Waals surface area contributed by atoms with Gasteiger partial charge in [-0.15, -0.1) is 0 Å². The summed E-state index contributed by atoms with van der Waals surface area (Å²) < 4.78 is 58.8. The van der Waals surface area contributed by atoms with E-state index < -0.39 is 155 Å². The van der Waals surface area contributed by atoms with E-state index >= 15 is 0 Å². The van der Waals surface area contributed by atoms with E-state index in [1.165, 1.54) is 0 Å². The van der Waals surface area contributed by atoms with Gasteiger partial charge in [0.25, 0.3) is 0 Å². The van der Waals surface area contributed by atoms with E-state index in [-0.39, 0.29) is 6.61 Å². The Balaban J connectivity index is 1.46. The molecular formula is C31H55FN2O20. The molecule has 0 spiro atoms. The molecule has 4 rings (SSSR count). The van der Waals surface area contributed by atoms with Crippen LogP contribution in [0.1, 0.15) is 26.2 Å². The molecule has 0 bridgehead atoms. The quantitative estimate of drug-likeness (QED) is 0.0608. The molecule has 0 aromatic rings. The van der Waals surface area contributed by atoms with E-state index in [9.17, 15) is 65.4 Å². The Morgan fingerprint density at radius 2 is 1.09 bits per heavy atom. The van der Waals surface area contributed by atoms with Crippen molar-refractivity contribution in [2.24, 2.45) is 5.73 Å². The summed E-state index contributed by atoms with van der Waals surface area (Å²) in [7, 11) is 0. The van der Waals surface area contributed by atoms with Crippen molar-refractivity contribution in [3.05, 3.63) is 0 Å². The van der Waals surface area contributed by atoms with Crippen molar-refractivity contribution < 1.29 is 103 Å². The van der Waals surface area contributed by atoms with E-state index in [0.717, 1.165) is 19.8 Å². The van der Waals surface area contributed by atoms with Gasteiger partial charge in [-0.1, -0.05) is 0 Å². The summed E-state index contributed by atoms with van der Waals surface area (Å²) in [6.07, 6.45) is -31.2. The standard InChI is InChI=1S/C31H55FN2O20/c1-11(38)34-16-19(41)17(39)13(8-35)49-28(16)54-27-18(40)14(9-36)50-31(24(27)46)53-26-15(10-37)51-30(23(45)21(26)43)52-25-12(7-32)48-29(22(44)20(25)42)47-6-4-2-3-5-33/h12-31,35-37,39-46H,2-10,33H2,1H3,(H,34,38)/t12?,13?,14?,15?,16?,17-,18-,19?,20?,21?,22?,23?,24?,25+,26-,27?,28-,29+,30-,31+/m0/s1. The number of amides is 1. The van der Waals surface area contributed by atoms with Crippen molar-refractivity contribution in [2.45, 2.75) is 149 Å². The minimum absolute atomic E-state index is 0.114. The van der Waals surface area contributed by atoms with E-state index in [1.54, 1.807) is 0 Å². The fourth-order valence-electron chi connectivity index (χ4n) is 6.67. The van der Waals surface area contributed by atoms with E-state index in [2.05, 4.69) is 5.32 Å². The van der Waals surface area contributed by atoms with Crippen LogP contribution in [-0.4, -0.2) is 224 Å². The molecule has 4 aliphatic heterocycles. The Hall–Kier alpha value is -1.40. The first-order valence-corrected chi connectivity index (χ1v) is 17.7. The number of nitrogens with one attached hydrogen (secondary N) is 1. The lowest BCUT2D eigenvalue weighted by Crippen LogP contribution is -2.69. The summed E-state index contributed by atoms with van der Waals surface area (Å²) in [5.41, 5.74) is 5.46. The molecule has 20 atom stereocenters. The molecule has 0 saturated carbocycles. The maximum absolute atomic E-state index is 14.1. The highest BCUT2D eigenvalue weighted by Gasteiger charge is 2.55. The van der Waals surface area contributed by atoms with Crippen LogP contribution in [0.15, 0.2) is 0 Å². The first kappa shape index (κ1) is 45.3. The Labute approximate surface area is 309 Å². The van der Waals surface area contributed by atoms with Crippen LogP contribution in [-0.2, 0) is 42.7 Å². The number of hydrogen-bond acceptors (Lipinski definition) is 21. The smallest absolute Gasteiger partial charge is 0.217 e. The molecule has 4 heterocycles. The molecule has 4 fully saturated rings. The molecule has 4 aliphatic rings. The lowest BCUT2D eigenvalue weighted by Gasteiger charge is -2.49. The zero-order valence-corrected chi connectivity index (χ0v) is 29.5. The second-order valence-corrected chi connectivity index (χ2v) is 13.5. The number of alkyl halides is 1. The predicted molar refractivity (Wildman–Crippen MR) is 171 cm³/mol. The first-order chi connectivity index (χ1) is 25.7. The number of rotatable bonds is 17. The van der Waals surface area contributed by atoms with Crippen LogP contribution in [0.25, 0.3) is 0 Å². The fourth-order valence-corrected chi connectivity index (χ4v) is 6.67. The van der Waals surface area contributed by atoms with Crippen LogP contribution < -0.4 is 11.1 Å². The lowest BCUT2D eigenvalue weighted by molar-refractivity contribution is -0.386. The van der Waals surface area contributed by atoms with Gasteiger partial charge >= 0.3 is 0 Å². The summed E-state index contributed by atoms with van der Waals surface area (Å²) in [5.74, 6) is -0.694. The number of carbonyl (C=O) groups is 1. The van der Waals surface area contributed by atoms with Gasteiger partial charge in [0.2, 0.25) is 5.91 Å². The van der Waals surface area contributed by atoms with Gasteiger partial charge in [0.1, 0.15) is 104 Å². The molecule has 4 saturated heterocycles. The van der Waals surface area contributed by atoms with Crippen LogP contribution in [0.2, 0.25) is 0 Å². The highest BCUT2D eigenvalue weighted by atomic mass is 19.1. The maximum atomic E-state index is 14.1. The third-order valence-electron chi connectivity index (χ3n) is 9.69. The second-order valence-electron chi connectivity index (χ2n) is 13.5. The van der Waals surface area contributed by atoms with Crippen molar-refractivity contribution >= 4 is 5.91 Å². The highest BCUT2D eigenvalue weighted by Crippen LogP contribution is 2.34. The molecule has 54 heavy (non-hydrogen) atoms. The van der Waals surface area contributed by atoms with Crippen LogP contribution in [0, 0.1) is 0 Å². The van der Waals surface area contributed by atoms with Crippen LogP contribution >= 0.6 is 0 Å². The number of halogens is 1. The van der Waals surface area contributed by atoms with Crippen LogP contribution in [0.4, 0.5) is 4.39 Å². The summed E-state index contributed by atoms with van der Waals surface area (Å²) in [6.45, 7) is -2.20. The third-order valence-corrected chi connectivity index (χ3v) is 9.69. The Morgan fingerprint density at radius 3 is 1.67 bits per heavy atom. The number of nitrogens with two attached hydrogens (primary N) is 1. The third kappa shape index (κ3) is 10.4. The van der Waals surface area contributed by atoms with Crippen molar-refractivity contribution in [1.29, 1.82) is 0 Å². The molecule has 23 heteroatoms. The Kier molecular flexibility index (Phi) is 17.5. The van der Waals surface area contributed by atoms with Crippen LogP contribution in [0.3, 0.4) is 0 Å². The Morgan fingerprint density at radius 1 is 0.593 bits per heavy atom. The van der Waals surface area contributed by atoms with Gasteiger partial charge in [-0.3, -0.25) is 4.79 Å². The monoisotopic (exact) mass is 794 g/mol. The van der Waals surface area contributed by atoms with Gasteiger partial charge in [-0.05, 0) is 25.8 Å². The largest absolute Gasteiger partial charge is 0.394 e. The fraction of sp³-hybridized carbons (Fsp3) is 0.968. The van der Waals surface area contributed by atoms with Gasteiger partial charge in [-0.25, -0.2) is 4.39 Å². The number of aliphatic hydroxyl groups is 11. The molecule has 0 aromatic heterocycles. The zero-order valence-electron chi connectivity index (χ0n) is 29.5. The summed E-state index contributed by atoms with van der Waals surface area (Å²) in [5, 5.41) is 119. The normalized spacial score (nSPS) is 46.0. The van der Waals surface area contributed by atoms with E-state index in [1.807, 2.05) is 0 Å². The van der Waals surface area contributed by atoms with Crippen molar-refractivity contribution in [3.63, 3.8) is 0 Å². The molecule has 1 amide bonds. The maximum Gasteiger partial charge on any atom is 0.217 e. The number of aliphatic hydroxyl groups excluding tert-OH is 11. The van der Waals surface area contributed by atoms with Gasteiger partial charge in [0.15, 0.2) is 25.2 Å². The number of ether oxygens (including phenoxy) is 8. The van der Waals surface area contributed by atoms with E-state index in [0.29, 0.717) is 13.0 Å². The summed E-state index contributed by atoms with van der Waals surface area (Å²) in [4.78, 5) is 11.9. The number of carbonyl (C=O) groups excluding carboxylic acids is 1. The van der Waals surface area contributed by atoms with Crippen molar-refractivity contribution in [2.75, 3.05) is 39.6 Å². The average molecular weight is 795 g/mol. The second kappa shape index (κ2) is 20.9.